The Morgan fingerprint density at radius 1 is 1.14 bits per heavy atom. The van der Waals surface area contributed by atoms with Crippen LogP contribution in [-0.4, -0.2) is 28.9 Å². The van der Waals surface area contributed by atoms with Crippen LogP contribution in [0.3, 0.4) is 0 Å². The zero-order valence-corrected chi connectivity index (χ0v) is 13.6. The Labute approximate surface area is 127 Å². The fraction of sp³-hybridized carbons (Fsp3) is 0.500. The lowest BCUT2D eigenvalue weighted by Gasteiger charge is -2.21. The number of unbranched alkanes of at least 4 members (excludes halogenated alkanes) is 1. The predicted molar refractivity (Wildman–Crippen MR) is 88.9 cm³/mol. The minimum absolute atomic E-state index is 0.136. The van der Waals surface area contributed by atoms with Crippen molar-refractivity contribution >= 4 is 16.8 Å². The van der Waals surface area contributed by atoms with Gasteiger partial charge in [0.15, 0.2) is 0 Å². The van der Waals surface area contributed by atoms with Crippen LogP contribution in [0.2, 0.25) is 0 Å². The molecule has 0 spiro atoms. The van der Waals surface area contributed by atoms with Crippen LogP contribution in [0.4, 0.5) is 0 Å². The summed E-state index contributed by atoms with van der Waals surface area (Å²) in [4.78, 5) is 18.1. The molecule has 0 radical (unpaired) electrons. The van der Waals surface area contributed by atoms with E-state index in [0.717, 1.165) is 54.5 Å². The first-order valence-corrected chi connectivity index (χ1v) is 7.96. The maximum absolute atomic E-state index is 12.8. The van der Waals surface area contributed by atoms with Crippen LogP contribution in [-0.2, 0) is 0 Å². The fourth-order valence-corrected chi connectivity index (χ4v) is 2.75. The number of carbonyl (C=O) groups excluding carboxylic acids is 1. The number of carbonyl (C=O) groups is 1. The van der Waals surface area contributed by atoms with Crippen LogP contribution in [0.1, 0.15) is 54.7 Å². The first-order chi connectivity index (χ1) is 10.1. The summed E-state index contributed by atoms with van der Waals surface area (Å²) in [5, 5.41) is 1.16. The highest BCUT2D eigenvalue weighted by molar-refractivity contribution is 6.01. The molecule has 21 heavy (non-hydrogen) atoms. The van der Waals surface area contributed by atoms with Crippen LogP contribution in [0.5, 0.6) is 0 Å². The summed E-state index contributed by atoms with van der Waals surface area (Å²) in [6.07, 6.45) is 3.16. The van der Waals surface area contributed by atoms with E-state index in [-0.39, 0.29) is 5.91 Å². The lowest BCUT2D eigenvalue weighted by Crippen LogP contribution is -2.33. The molecule has 1 aromatic carbocycles. The van der Waals surface area contributed by atoms with E-state index < -0.39 is 0 Å². The summed E-state index contributed by atoms with van der Waals surface area (Å²) in [6, 6.07) is 6.28. The van der Waals surface area contributed by atoms with Crippen molar-refractivity contribution in [2.45, 2.75) is 47.0 Å². The molecule has 0 saturated carbocycles. The molecule has 0 unspecified atom stereocenters. The zero-order valence-electron chi connectivity index (χ0n) is 13.6. The number of H-pyrrole nitrogens is 1. The minimum Gasteiger partial charge on any atom is -0.350 e. The van der Waals surface area contributed by atoms with E-state index in [1.54, 1.807) is 0 Å². The molecule has 0 aliphatic rings. The summed E-state index contributed by atoms with van der Waals surface area (Å²) in [6.45, 7) is 10.1. The quantitative estimate of drug-likeness (QED) is 0.837. The second kappa shape index (κ2) is 6.79. The van der Waals surface area contributed by atoms with Crippen molar-refractivity contribution in [2.75, 3.05) is 13.1 Å². The van der Waals surface area contributed by atoms with Gasteiger partial charge in [0.1, 0.15) is 5.69 Å². The van der Waals surface area contributed by atoms with Crippen LogP contribution in [0.15, 0.2) is 18.2 Å². The normalized spacial score (nSPS) is 11.0. The number of aromatic amines is 1. The molecule has 1 aromatic heterocycles. The summed E-state index contributed by atoms with van der Waals surface area (Å²) in [7, 11) is 0. The van der Waals surface area contributed by atoms with Gasteiger partial charge in [-0.1, -0.05) is 31.9 Å². The van der Waals surface area contributed by atoms with Crippen molar-refractivity contribution in [3.05, 3.63) is 35.0 Å². The summed E-state index contributed by atoms with van der Waals surface area (Å²) < 4.78 is 0. The van der Waals surface area contributed by atoms with Gasteiger partial charge in [-0.3, -0.25) is 4.79 Å². The van der Waals surface area contributed by atoms with Crippen LogP contribution in [0, 0.1) is 13.8 Å². The van der Waals surface area contributed by atoms with E-state index >= 15 is 0 Å². The van der Waals surface area contributed by atoms with Gasteiger partial charge in [-0.2, -0.15) is 0 Å². The maximum atomic E-state index is 12.8. The molecular formula is C18H26N2O. The molecule has 1 heterocycles. The highest BCUT2D eigenvalue weighted by Crippen LogP contribution is 2.24. The molecular weight excluding hydrogens is 260 g/mol. The van der Waals surface area contributed by atoms with Gasteiger partial charge in [-0.25, -0.2) is 0 Å². The van der Waals surface area contributed by atoms with Gasteiger partial charge in [0.25, 0.3) is 5.91 Å². The number of amides is 1. The molecule has 1 amide bonds. The van der Waals surface area contributed by atoms with E-state index in [0.29, 0.717) is 0 Å². The fourth-order valence-electron chi connectivity index (χ4n) is 2.75. The third kappa shape index (κ3) is 3.29. The van der Waals surface area contributed by atoms with Crippen molar-refractivity contribution in [3.8, 4) is 0 Å². The number of hydrogen-bond donors (Lipinski definition) is 1. The smallest absolute Gasteiger partial charge is 0.270 e. The number of aryl methyl sites for hydroxylation is 2. The van der Waals surface area contributed by atoms with E-state index in [9.17, 15) is 4.79 Å². The van der Waals surface area contributed by atoms with Gasteiger partial charge in [-0.15, -0.1) is 0 Å². The van der Waals surface area contributed by atoms with Gasteiger partial charge in [-0.05, 0) is 44.4 Å². The van der Waals surface area contributed by atoms with E-state index in [1.165, 1.54) is 5.56 Å². The Morgan fingerprint density at radius 2 is 1.90 bits per heavy atom. The molecule has 0 aliphatic carbocycles. The maximum Gasteiger partial charge on any atom is 0.270 e. The summed E-state index contributed by atoms with van der Waals surface area (Å²) in [5.74, 6) is 0.136. The predicted octanol–water partition coefficient (Wildman–Crippen LogP) is 4.44. The van der Waals surface area contributed by atoms with Crippen molar-refractivity contribution in [2.24, 2.45) is 0 Å². The number of benzene rings is 1. The number of nitrogens with one attached hydrogen (secondary N) is 1. The van der Waals surface area contributed by atoms with Crippen molar-refractivity contribution in [1.82, 2.24) is 9.88 Å². The minimum atomic E-state index is 0.136. The second-order valence-corrected chi connectivity index (χ2v) is 5.82. The molecule has 0 atom stereocenters. The molecule has 0 bridgehead atoms. The first kappa shape index (κ1) is 15.6. The highest BCUT2D eigenvalue weighted by Gasteiger charge is 2.20. The Morgan fingerprint density at radius 3 is 2.57 bits per heavy atom. The van der Waals surface area contributed by atoms with Crippen LogP contribution >= 0.6 is 0 Å². The second-order valence-electron chi connectivity index (χ2n) is 5.82. The molecule has 0 saturated heterocycles. The zero-order chi connectivity index (χ0) is 15.4. The summed E-state index contributed by atoms with van der Waals surface area (Å²) in [5.41, 5.74) is 4.09. The van der Waals surface area contributed by atoms with Crippen LogP contribution in [0.25, 0.3) is 10.9 Å². The molecule has 3 nitrogen and oxygen atoms in total. The molecule has 2 rings (SSSR count). The molecule has 1 N–H and O–H groups in total. The molecule has 114 valence electrons. The molecule has 3 heteroatoms. The van der Waals surface area contributed by atoms with Crippen molar-refractivity contribution in [3.63, 3.8) is 0 Å². The van der Waals surface area contributed by atoms with E-state index in [2.05, 4.69) is 44.0 Å². The number of rotatable bonds is 6. The Hall–Kier alpha value is -1.77. The first-order valence-electron chi connectivity index (χ1n) is 7.96. The van der Waals surface area contributed by atoms with Gasteiger partial charge < -0.3 is 9.88 Å². The number of nitrogens with zero attached hydrogens (tertiary/aromatic N) is 1. The average molecular weight is 286 g/mol. The number of aromatic nitrogens is 1. The Bertz CT molecular complexity index is 627. The van der Waals surface area contributed by atoms with Gasteiger partial charge >= 0.3 is 0 Å². The summed E-state index contributed by atoms with van der Waals surface area (Å²) >= 11 is 0. The Kier molecular flexibility index (Phi) is 5.05. The number of fused-ring (bicyclic) bond motifs is 1. The lowest BCUT2D eigenvalue weighted by atomic mass is 10.1. The standard InChI is InChI=1S/C18H26N2O/c1-5-7-11-20(10-6-2)18(21)17-14(4)15-12-13(3)8-9-16(15)19-17/h8-9,12,19H,5-7,10-11H2,1-4H3. The SMILES string of the molecule is CCCCN(CCC)C(=O)c1[nH]c2ccc(C)cc2c1C. The molecule has 0 fully saturated rings. The molecule has 2 aromatic rings. The van der Waals surface area contributed by atoms with Gasteiger partial charge in [0.05, 0.1) is 0 Å². The molecule has 0 aliphatic heterocycles. The third-order valence-electron chi connectivity index (χ3n) is 3.99. The topological polar surface area (TPSA) is 36.1 Å². The van der Waals surface area contributed by atoms with E-state index in [1.807, 2.05) is 11.8 Å². The third-order valence-corrected chi connectivity index (χ3v) is 3.99. The van der Waals surface area contributed by atoms with E-state index in [4.69, 9.17) is 0 Å². The monoisotopic (exact) mass is 286 g/mol. The van der Waals surface area contributed by atoms with Crippen LogP contribution < -0.4 is 0 Å². The van der Waals surface area contributed by atoms with Crippen molar-refractivity contribution < 1.29 is 4.79 Å². The van der Waals surface area contributed by atoms with Gasteiger partial charge in [0.2, 0.25) is 0 Å². The largest absolute Gasteiger partial charge is 0.350 e. The van der Waals surface area contributed by atoms with Crippen molar-refractivity contribution in [1.29, 1.82) is 0 Å². The Balaban J connectivity index is 2.34. The highest BCUT2D eigenvalue weighted by atomic mass is 16.2. The average Bonchev–Trinajstić information content (AvgIpc) is 2.80. The van der Waals surface area contributed by atoms with Gasteiger partial charge in [0, 0.05) is 24.0 Å². The number of hydrogen-bond acceptors (Lipinski definition) is 1. The lowest BCUT2D eigenvalue weighted by molar-refractivity contribution is 0.0747.